The van der Waals surface area contributed by atoms with Gasteiger partial charge in [0, 0.05) is 5.92 Å². The third-order valence-electron chi connectivity index (χ3n) is 2.52. The summed E-state index contributed by atoms with van der Waals surface area (Å²) >= 11 is 0. The summed E-state index contributed by atoms with van der Waals surface area (Å²) in [7, 11) is 0. The first-order valence-corrected chi connectivity index (χ1v) is 5.58. The van der Waals surface area contributed by atoms with Crippen molar-refractivity contribution in [3.63, 3.8) is 0 Å². The molecule has 1 fully saturated rings. The van der Waals surface area contributed by atoms with Crippen molar-refractivity contribution in [3.8, 4) is 5.75 Å². The van der Waals surface area contributed by atoms with Gasteiger partial charge < -0.3 is 4.74 Å². The minimum absolute atomic E-state index is 0.0225. The number of ether oxygens (including phenoxy) is 1. The number of hydrogen-bond donors (Lipinski definition) is 0. The molecular formula is C13H15FO2. The molecule has 3 heteroatoms. The molecule has 1 saturated carbocycles. The minimum atomic E-state index is -0.451. The van der Waals surface area contributed by atoms with Crippen LogP contribution in [0, 0.1) is 11.7 Å². The van der Waals surface area contributed by atoms with Gasteiger partial charge in [0.1, 0.15) is 11.6 Å². The van der Waals surface area contributed by atoms with Crippen LogP contribution in [-0.2, 0) is 0 Å². The molecule has 0 atom stereocenters. The number of halogens is 1. The molecule has 0 unspecified atom stereocenters. The second kappa shape index (κ2) is 4.24. The molecule has 1 aromatic carbocycles. The van der Waals surface area contributed by atoms with Gasteiger partial charge in [-0.1, -0.05) is 0 Å². The molecule has 0 aliphatic heterocycles. The summed E-state index contributed by atoms with van der Waals surface area (Å²) in [6.45, 7) is 3.79. The Kier molecular flexibility index (Phi) is 2.95. The molecule has 0 amide bonds. The van der Waals surface area contributed by atoms with Crippen molar-refractivity contribution in [1.29, 1.82) is 0 Å². The van der Waals surface area contributed by atoms with Crippen LogP contribution in [0.25, 0.3) is 0 Å². The molecule has 2 nitrogen and oxygen atoms in total. The van der Waals surface area contributed by atoms with Crippen molar-refractivity contribution < 1.29 is 13.9 Å². The Morgan fingerprint density at radius 1 is 1.44 bits per heavy atom. The Labute approximate surface area is 94.4 Å². The fraction of sp³-hybridized carbons (Fsp3) is 0.462. The fourth-order valence-electron chi connectivity index (χ4n) is 1.60. The molecule has 0 saturated heterocycles. The van der Waals surface area contributed by atoms with E-state index in [0.29, 0.717) is 5.75 Å². The van der Waals surface area contributed by atoms with Crippen LogP contribution in [0.1, 0.15) is 37.0 Å². The molecule has 16 heavy (non-hydrogen) atoms. The lowest BCUT2D eigenvalue weighted by atomic mass is 10.1. The minimum Gasteiger partial charge on any atom is -0.491 e. The highest BCUT2D eigenvalue weighted by molar-refractivity contribution is 5.99. The zero-order valence-electron chi connectivity index (χ0n) is 9.50. The van der Waals surface area contributed by atoms with E-state index in [1.165, 1.54) is 12.1 Å². The normalized spacial score (nSPS) is 15.2. The maximum absolute atomic E-state index is 13.5. The van der Waals surface area contributed by atoms with E-state index in [9.17, 15) is 9.18 Å². The standard InChI is InChI=1S/C13H15FO2/c1-8(2)16-10-5-6-12(14)11(7-10)13(15)9-3-4-9/h5-9H,3-4H2,1-2H3. The lowest BCUT2D eigenvalue weighted by Crippen LogP contribution is -2.08. The maximum Gasteiger partial charge on any atom is 0.169 e. The van der Waals surface area contributed by atoms with Crippen LogP contribution in [0.4, 0.5) is 4.39 Å². The van der Waals surface area contributed by atoms with Crippen LogP contribution in [-0.4, -0.2) is 11.9 Å². The molecule has 1 aromatic rings. The van der Waals surface area contributed by atoms with E-state index in [2.05, 4.69) is 0 Å². The monoisotopic (exact) mass is 222 g/mol. The lowest BCUT2D eigenvalue weighted by molar-refractivity contribution is 0.0963. The highest BCUT2D eigenvalue weighted by atomic mass is 19.1. The van der Waals surface area contributed by atoms with Gasteiger partial charge in [-0.05, 0) is 44.9 Å². The average molecular weight is 222 g/mol. The summed E-state index contributed by atoms with van der Waals surface area (Å²) in [5.74, 6) is 0.0453. The van der Waals surface area contributed by atoms with E-state index in [4.69, 9.17) is 4.74 Å². The Morgan fingerprint density at radius 3 is 2.69 bits per heavy atom. The van der Waals surface area contributed by atoms with Crippen molar-refractivity contribution >= 4 is 5.78 Å². The van der Waals surface area contributed by atoms with E-state index >= 15 is 0 Å². The third-order valence-corrected chi connectivity index (χ3v) is 2.52. The molecule has 1 aliphatic carbocycles. The van der Waals surface area contributed by atoms with E-state index in [1.807, 2.05) is 13.8 Å². The van der Waals surface area contributed by atoms with Gasteiger partial charge in [-0.15, -0.1) is 0 Å². The first-order valence-electron chi connectivity index (χ1n) is 5.58. The molecule has 2 rings (SSSR count). The summed E-state index contributed by atoms with van der Waals surface area (Å²) in [5, 5.41) is 0. The number of carbonyl (C=O) groups excluding carboxylic acids is 1. The van der Waals surface area contributed by atoms with Crippen molar-refractivity contribution in [1.82, 2.24) is 0 Å². The van der Waals surface area contributed by atoms with Gasteiger partial charge in [0.25, 0.3) is 0 Å². The first-order chi connectivity index (χ1) is 7.58. The molecule has 0 spiro atoms. The van der Waals surface area contributed by atoms with Crippen molar-refractivity contribution in [2.75, 3.05) is 0 Å². The summed E-state index contributed by atoms with van der Waals surface area (Å²) in [4.78, 5) is 11.8. The van der Waals surface area contributed by atoms with Gasteiger partial charge in [-0.3, -0.25) is 4.79 Å². The van der Waals surface area contributed by atoms with Gasteiger partial charge in [0.05, 0.1) is 11.7 Å². The Morgan fingerprint density at radius 2 is 2.12 bits per heavy atom. The van der Waals surface area contributed by atoms with Crippen LogP contribution in [0.15, 0.2) is 18.2 Å². The van der Waals surface area contributed by atoms with Gasteiger partial charge >= 0.3 is 0 Å². The zero-order chi connectivity index (χ0) is 11.7. The predicted octanol–water partition coefficient (Wildman–Crippen LogP) is 3.21. The van der Waals surface area contributed by atoms with Gasteiger partial charge in [-0.25, -0.2) is 4.39 Å². The Bertz CT molecular complexity index is 408. The second-order valence-electron chi connectivity index (χ2n) is 4.45. The molecule has 0 N–H and O–H groups in total. The van der Waals surface area contributed by atoms with Gasteiger partial charge in [0.2, 0.25) is 0 Å². The Balaban J connectivity index is 2.24. The molecule has 0 aromatic heterocycles. The van der Waals surface area contributed by atoms with Crippen LogP contribution >= 0.6 is 0 Å². The lowest BCUT2D eigenvalue weighted by Gasteiger charge is -2.11. The highest BCUT2D eigenvalue weighted by Gasteiger charge is 2.32. The number of rotatable bonds is 4. The van der Waals surface area contributed by atoms with E-state index in [1.54, 1.807) is 6.07 Å². The predicted molar refractivity (Wildman–Crippen MR) is 59.2 cm³/mol. The summed E-state index contributed by atoms with van der Waals surface area (Å²) in [6.07, 6.45) is 1.79. The van der Waals surface area contributed by atoms with Crippen molar-refractivity contribution in [2.24, 2.45) is 5.92 Å². The Hall–Kier alpha value is -1.38. The molecule has 86 valence electrons. The SMILES string of the molecule is CC(C)Oc1ccc(F)c(C(=O)C2CC2)c1. The smallest absolute Gasteiger partial charge is 0.169 e. The van der Waals surface area contributed by atoms with E-state index < -0.39 is 5.82 Å². The second-order valence-corrected chi connectivity index (χ2v) is 4.45. The quantitative estimate of drug-likeness (QED) is 0.731. The van der Waals surface area contributed by atoms with Gasteiger partial charge in [-0.2, -0.15) is 0 Å². The summed E-state index contributed by atoms with van der Waals surface area (Å²) in [6, 6.07) is 4.36. The van der Waals surface area contributed by atoms with Crippen LogP contribution in [0.3, 0.4) is 0 Å². The van der Waals surface area contributed by atoms with E-state index in [-0.39, 0.29) is 23.4 Å². The molecule has 1 aliphatic rings. The van der Waals surface area contributed by atoms with Crippen LogP contribution in [0.5, 0.6) is 5.75 Å². The molecule has 0 heterocycles. The van der Waals surface area contributed by atoms with E-state index in [0.717, 1.165) is 12.8 Å². The van der Waals surface area contributed by atoms with Crippen molar-refractivity contribution in [3.05, 3.63) is 29.6 Å². The highest BCUT2D eigenvalue weighted by Crippen LogP contribution is 2.34. The number of hydrogen-bond acceptors (Lipinski definition) is 2. The molecule has 0 radical (unpaired) electrons. The van der Waals surface area contributed by atoms with Crippen LogP contribution < -0.4 is 4.74 Å². The number of Topliss-reactive ketones (excluding diaryl/α,β-unsaturated/α-hetero) is 1. The molecular weight excluding hydrogens is 207 g/mol. The third kappa shape index (κ3) is 2.40. The zero-order valence-corrected chi connectivity index (χ0v) is 9.50. The average Bonchev–Trinajstić information content (AvgIpc) is 3.02. The largest absolute Gasteiger partial charge is 0.491 e. The number of carbonyl (C=O) groups is 1. The van der Waals surface area contributed by atoms with Gasteiger partial charge in [0.15, 0.2) is 5.78 Å². The number of benzene rings is 1. The summed E-state index contributed by atoms with van der Waals surface area (Å²) in [5.41, 5.74) is 0.167. The maximum atomic E-state index is 13.5. The topological polar surface area (TPSA) is 26.3 Å². The van der Waals surface area contributed by atoms with Crippen LogP contribution in [0.2, 0.25) is 0 Å². The first kappa shape index (κ1) is 11.1. The number of ketones is 1. The van der Waals surface area contributed by atoms with Crippen molar-refractivity contribution in [2.45, 2.75) is 32.8 Å². The fourth-order valence-corrected chi connectivity index (χ4v) is 1.60. The summed E-state index contributed by atoms with van der Waals surface area (Å²) < 4.78 is 18.9. The molecule has 0 bridgehead atoms.